The maximum atomic E-state index is 10.8. The Morgan fingerprint density at radius 2 is 1.87 bits per heavy atom. The van der Waals surface area contributed by atoms with E-state index >= 15 is 0 Å². The van der Waals surface area contributed by atoms with Crippen molar-refractivity contribution in [3.8, 4) is 0 Å². The molecule has 0 amide bonds. The summed E-state index contributed by atoms with van der Waals surface area (Å²) in [7, 11) is 0. The second-order valence-electron chi connectivity index (χ2n) is 5.03. The van der Waals surface area contributed by atoms with Gasteiger partial charge in [-0.3, -0.25) is 4.79 Å². The smallest absolute Gasteiger partial charge is 0.302 e. The van der Waals surface area contributed by atoms with Gasteiger partial charge >= 0.3 is 5.97 Å². The Morgan fingerprint density at radius 1 is 1.27 bits per heavy atom. The van der Waals surface area contributed by atoms with Crippen LogP contribution in [0, 0.1) is 11.8 Å². The van der Waals surface area contributed by atoms with Gasteiger partial charge in [-0.15, -0.1) is 0 Å². The van der Waals surface area contributed by atoms with E-state index in [0.29, 0.717) is 5.92 Å². The van der Waals surface area contributed by atoms with Crippen LogP contribution in [-0.2, 0) is 9.53 Å². The van der Waals surface area contributed by atoms with Gasteiger partial charge in [0.15, 0.2) is 0 Å². The zero-order valence-corrected chi connectivity index (χ0v) is 10.3. The highest BCUT2D eigenvalue weighted by molar-refractivity contribution is 5.66. The van der Waals surface area contributed by atoms with Crippen LogP contribution in [0.15, 0.2) is 0 Å². The summed E-state index contributed by atoms with van der Waals surface area (Å²) in [6, 6.07) is 0. The van der Waals surface area contributed by atoms with Crippen LogP contribution in [0.25, 0.3) is 0 Å². The topological polar surface area (TPSA) is 26.3 Å². The van der Waals surface area contributed by atoms with E-state index in [1.165, 1.54) is 45.4 Å². The molecule has 1 rings (SSSR count). The average molecular weight is 212 g/mol. The Balaban J connectivity index is 2.26. The zero-order valence-electron chi connectivity index (χ0n) is 10.3. The van der Waals surface area contributed by atoms with Gasteiger partial charge in [-0.25, -0.2) is 0 Å². The van der Waals surface area contributed by atoms with Crippen LogP contribution in [-0.4, -0.2) is 12.1 Å². The van der Waals surface area contributed by atoms with Gasteiger partial charge in [0.05, 0.1) is 0 Å². The van der Waals surface area contributed by atoms with Crippen molar-refractivity contribution in [1.82, 2.24) is 0 Å². The maximum Gasteiger partial charge on any atom is 0.302 e. The summed E-state index contributed by atoms with van der Waals surface area (Å²) in [5.41, 5.74) is 0. The molecule has 0 N–H and O–H groups in total. The molecule has 0 aromatic heterocycles. The second-order valence-corrected chi connectivity index (χ2v) is 5.03. The van der Waals surface area contributed by atoms with Crippen LogP contribution in [0.4, 0.5) is 0 Å². The Bertz CT molecular complexity index is 195. The summed E-state index contributed by atoms with van der Waals surface area (Å²) < 4.78 is 5.21. The molecule has 15 heavy (non-hydrogen) atoms. The van der Waals surface area contributed by atoms with Crippen molar-refractivity contribution in [2.45, 2.75) is 65.4 Å². The van der Waals surface area contributed by atoms with Gasteiger partial charge in [-0.05, 0) is 25.2 Å². The molecular weight excluding hydrogens is 188 g/mol. The number of hydrogen-bond acceptors (Lipinski definition) is 2. The lowest BCUT2D eigenvalue weighted by atomic mass is 9.82. The van der Waals surface area contributed by atoms with E-state index in [4.69, 9.17) is 4.74 Å². The first-order valence-electron chi connectivity index (χ1n) is 6.26. The Kier molecular flexibility index (Phi) is 5.13. The normalized spacial score (nSPS) is 22.1. The number of hydrogen-bond donors (Lipinski definition) is 0. The molecule has 0 aromatic carbocycles. The molecule has 2 atom stereocenters. The lowest BCUT2D eigenvalue weighted by Crippen LogP contribution is -2.23. The number of ether oxygens (including phenoxy) is 1. The summed E-state index contributed by atoms with van der Waals surface area (Å²) in [5.74, 6) is 1.21. The van der Waals surface area contributed by atoms with E-state index in [1.807, 2.05) is 6.92 Å². The van der Waals surface area contributed by atoms with Gasteiger partial charge in [-0.1, -0.05) is 39.0 Å². The minimum Gasteiger partial charge on any atom is -0.463 e. The minimum absolute atomic E-state index is 0.0735. The van der Waals surface area contributed by atoms with Gasteiger partial charge in [-0.2, -0.15) is 0 Å². The third kappa shape index (κ3) is 4.67. The van der Waals surface area contributed by atoms with Gasteiger partial charge in [0.1, 0.15) is 6.10 Å². The minimum atomic E-state index is -0.155. The Morgan fingerprint density at radius 3 is 2.40 bits per heavy atom. The molecule has 0 spiro atoms. The van der Waals surface area contributed by atoms with E-state index in [1.54, 1.807) is 0 Å². The molecule has 0 radical (unpaired) electrons. The van der Waals surface area contributed by atoms with Gasteiger partial charge in [0, 0.05) is 6.92 Å². The second kappa shape index (κ2) is 6.14. The van der Waals surface area contributed by atoms with Crippen LogP contribution >= 0.6 is 0 Å². The van der Waals surface area contributed by atoms with E-state index in [9.17, 15) is 4.79 Å². The summed E-state index contributed by atoms with van der Waals surface area (Å²) >= 11 is 0. The van der Waals surface area contributed by atoms with Gasteiger partial charge in [0.2, 0.25) is 0 Å². The van der Waals surface area contributed by atoms with Crippen LogP contribution in [0.3, 0.4) is 0 Å². The monoisotopic (exact) mass is 212 g/mol. The van der Waals surface area contributed by atoms with Crippen molar-refractivity contribution in [1.29, 1.82) is 0 Å². The predicted octanol–water partition coefficient (Wildman–Crippen LogP) is 3.54. The quantitative estimate of drug-likeness (QED) is 0.666. The van der Waals surface area contributed by atoms with Crippen LogP contribution in [0.1, 0.15) is 59.3 Å². The molecule has 1 fully saturated rings. The van der Waals surface area contributed by atoms with Gasteiger partial charge in [0.25, 0.3) is 0 Å². The molecule has 0 bridgehead atoms. The fourth-order valence-corrected chi connectivity index (χ4v) is 2.52. The lowest BCUT2D eigenvalue weighted by molar-refractivity contribution is -0.148. The number of carbonyl (C=O) groups is 1. The van der Waals surface area contributed by atoms with E-state index in [0.717, 1.165) is 5.92 Å². The van der Waals surface area contributed by atoms with Crippen LogP contribution in [0.5, 0.6) is 0 Å². The predicted molar refractivity (Wildman–Crippen MR) is 61.6 cm³/mol. The SMILES string of the molecule is CC(=O)OC(C)C(C)CC1CCCCC1. The summed E-state index contributed by atoms with van der Waals surface area (Å²) in [6.07, 6.45) is 8.22. The molecule has 2 unspecified atom stereocenters. The molecule has 88 valence electrons. The average Bonchev–Trinajstić information content (AvgIpc) is 2.18. The first-order valence-corrected chi connectivity index (χ1v) is 6.26. The molecule has 1 aliphatic carbocycles. The molecule has 1 aliphatic rings. The van der Waals surface area contributed by atoms with Crippen molar-refractivity contribution in [3.05, 3.63) is 0 Å². The summed E-state index contributed by atoms with van der Waals surface area (Å²) in [4.78, 5) is 10.8. The third-order valence-corrected chi connectivity index (χ3v) is 3.58. The van der Waals surface area contributed by atoms with Crippen molar-refractivity contribution in [3.63, 3.8) is 0 Å². The van der Waals surface area contributed by atoms with E-state index < -0.39 is 0 Å². The Hall–Kier alpha value is -0.530. The molecular formula is C13H24O2. The first-order chi connectivity index (χ1) is 7.09. The number of rotatable bonds is 4. The zero-order chi connectivity index (χ0) is 11.3. The first kappa shape index (κ1) is 12.5. The molecule has 0 aliphatic heterocycles. The molecule has 0 aromatic rings. The van der Waals surface area contributed by atoms with Gasteiger partial charge < -0.3 is 4.74 Å². The van der Waals surface area contributed by atoms with E-state index in [2.05, 4.69) is 6.92 Å². The molecule has 2 heteroatoms. The molecule has 0 saturated heterocycles. The van der Waals surface area contributed by atoms with Crippen LogP contribution < -0.4 is 0 Å². The Labute approximate surface area is 93.4 Å². The number of carbonyl (C=O) groups excluding carboxylic acids is 1. The van der Waals surface area contributed by atoms with Crippen molar-refractivity contribution >= 4 is 5.97 Å². The highest BCUT2D eigenvalue weighted by Crippen LogP contribution is 2.30. The number of esters is 1. The summed E-state index contributed by atoms with van der Waals surface area (Å²) in [6.45, 7) is 5.70. The lowest BCUT2D eigenvalue weighted by Gasteiger charge is -2.27. The highest BCUT2D eigenvalue weighted by Gasteiger charge is 2.21. The van der Waals surface area contributed by atoms with E-state index in [-0.39, 0.29) is 12.1 Å². The van der Waals surface area contributed by atoms with Crippen molar-refractivity contribution < 1.29 is 9.53 Å². The third-order valence-electron chi connectivity index (χ3n) is 3.58. The molecule has 1 saturated carbocycles. The van der Waals surface area contributed by atoms with Crippen LogP contribution in [0.2, 0.25) is 0 Å². The summed E-state index contributed by atoms with van der Waals surface area (Å²) in [5, 5.41) is 0. The largest absolute Gasteiger partial charge is 0.463 e. The van der Waals surface area contributed by atoms with Crippen molar-refractivity contribution in [2.24, 2.45) is 11.8 Å². The maximum absolute atomic E-state index is 10.8. The fourth-order valence-electron chi connectivity index (χ4n) is 2.52. The standard InChI is InChI=1S/C13H24O2/c1-10(11(2)15-12(3)14)9-13-7-5-4-6-8-13/h10-11,13H,4-9H2,1-3H3. The highest BCUT2D eigenvalue weighted by atomic mass is 16.5. The fraction of sp³-hybridized carbons (Fsp3) is 0.923. The molecule has 0 heterocycles. The molecule has 2 nitrogen and oxygen atoms in total. The van der Waals surface area contributed by atoms with Crippen molar-refractivity contribution in [2.75, 3.05) is 0 Å².